The molecule has 0 aliphatic carbocycles. The molecule has 0 saturated heterocycles. The molecule has 9 heteroatoms. The van der Waals surface area contributed by atoms with Gasteiger partial charge in [-0.25, -0.2) is 4.98 Å². The minimum Gasteiger partial charge on any atom is -0.454 e. The third-order valence-corrected chi connectivity index (χ3v) is 5.28. The van der Waals surface area contributed by atoms with Crippen LogP contribution in [0.4, 0.5) is 0 Å². The average molecular weight is 400 g/mol. The van der Waals surface area contributed by atoms with Gasteiger partial charge in [-0.1, -0.05) is 24.8 Å². The van der Waals surface area contributed by atoms with Crippen molar-refractivity contribution in [2.24, 2.45) is 0 Å². The molecule has 1 aromatic carbocycles. The molecule has 0 unspecified atom stereocenters. The van der Waals surface area contributed by atoms with Crippen LogP contribution in [0.5, 0.6) is 11.5 Å². The number of aryl methyl sites for hydroxylation is 1. The van der Waals surface area contributed by atoms with Gasteiger partial charge in [-0.05, 0) is 37.1 Å². The summed E-state index contributed by atoms with van der Waals surface area (Å²) in [6.45, 7) is 3.99. The Kier molecular flexibility index (Phi) is 4.99. The summed E-state index contributed by atoms with van der Waals surface area (Å²) in [7, 11) is 0. The zero-order chi connectivity index (χ0) is 19.7. The largest absolute Gasteiger partial charge is 0.454 e. The number of carbonyl (C=O) groups is 1. The van der Waals surface area contributed by atoms with Crippen molar-refractivity contribution >= 4 is 28.7 Å². The Bertz CT molecular complexity index is 1110. The number of carbonyl (C=O) groups excluding carboxylic acids is 1. The van der Waals surface area contributed by atoms with Crippen LogP contribution in [0.1, 0.15) is 31.0 Å². The molecule has 1 amide bonds. The normalized spacial score (nSPS) is 12.5. The lowest BCUT2D eigenvalue weighted by molar-refractivity contribution is -0.117. The molecule has 1 aliphatic rings. The minimum absolute atomic E-state index is 0.222. The first kappa shape index (κ1) is 18.4. The summed E-state index contributed by atoms with van der Waals surface area (Å²) in [4.78, 5) is 32.6. The molecule has 0 atom stereocenters. The fraction of sp³-hybridized carbons (Fsp3) is 0.316. The zero-order valence-electron chi connectivity index (χ0n) is 15.6. The van der Waals surface area contributed by atoms with Gasteiger partial charge in [-0.2, -0.15) is 4.68 Å². The van der Waals surface area contributed by atoms with Crippen LogP contribution in [0.15, 0.2) is 34.2 Å². The van der Waals surface area contributed by atoms with Gasteiger partial charge in [-0.15, -0.1) is 0 Å². The summed E-state index contributed by atoms with van der Waals surface area (Å²) < 4.78 is 12.0. The van der Waals surface area contributed by atoms with E-state index in [1.54, 1.807) is 0 Å². The van der Waals surface area contributed by atoms with Gasteiger partial charge < -0.3 is 14.5 Å². The van der Waals surface area contributed by atoms with E-state index in [1.807, 2.05) is 38.1 Å². The molecule has 28 heavy (non-hydrogen) atoms. The number of hydrogen-bond donors (Lipinski definition) is 2. The summed E-state index contributed by atoms with van der Waals surface area (Å²) in [6.07, 6.45) is 1.03. The van der Waals surface area contributed by atoms with E-state index in [-0.39, 0.29) is 18.3 Å². The van der Waals surface area contributed by atoms with Gasteiger partial charge >= 0.3 is 0 Å². The number of fused-ring (bicyclic) bond motifs is 2. The number of aromatic amines is 1. The molecule has 0 fully saturated rings. The van der Waals surface area contributed by atoms with Gasteiger partial charge in [0.15, 0.2) is 16.7 Å². The van der Waals surface area contributed by atoms with Crippen LogP contribution in [0.25, 0.3) is 11.0 Å². The average Bonchev–Trinajstić information content (AvgIpc) is 3.28. The summed E-state index contributed by atoms with van der Waals surface area (Å²) in [6, 6.07) is 7.53. The van der Waals surface area contributed by atoms with Gasteiger partial charge in [0, 0.05) is 17.9 Å². The Morgan fingerprint density at radius 3 is 2.96 bits per heavy atom. The number of aromatic nitrogens is 3. The van der Waals surface area contributed by atoms with Crippen LogP contribution in [0.2, 0.25) is 0 Å². The first-order valence-electron chi connectivity index (χ1n) is 8.98. The molecular formula is C19H20N4O4S. The quantitative estimate of drug-likeness (QED) is 0.488. The highest BCUT2D eigenvalue weighted by molar-refractivity contribution is 7.98. The van der Waals surface area contributed by atoms with Crippen molar-refractivity contribution in [3.05, 3.63) is 45.9 Å². The van der Waals surface area contributed by atoms with E-state index in [0.29, 0.717) is 40.5 Å². The van der Waals surface area contributed by atoms with Crippen molar-refractivity contribution in [3.8, 4) is 11.5 Å². The highest BCUT2D eigenvalue weighted by Gasteiger charge is 2.17. The third-order valence-electron chi connectivity index (χ3n) is 4.27. The molecule has 0 saturated carbocycles. The van der Waals surface area contributed by atoms with Gasteiger partial charge in [0.25, 0.3) is 5.56 Å². The Labute approximate surface area is 165 Å². The minimum atomic E-state index is -0.323. The van der Waals surface area contributed by atoms with Gasteiger partial charge in [0.2, 0.25) is 12.7 Å². The molecule has 146 valence electrons. The number of H-pyrrole nitrogens is 1. The van der Waals surface area contributed by atoms with E-state index in [0.717, 1.165) is 17.0 Å². The van der Waals surface area contributed by atoms with Crippen LogP contribution < -0.4 is 20.5 Å². The van der Waals surface area contributed by atoms with Crippen LogP contribution in [-0.2, 0) is 10.5 Å². The summed E-state index contributed by atoms with van der Waals surface area (Å²) in [5.41, 5.74) is 5.15. The lowest BCUT2D eigenvalue weighted by Crippen LogP contribution is -2.35. The number of ether oxygens (including phenoxy) is 2. The van der Waals surface area contributed by atoms with Crippen LogP contribution in [0.3, 0.4) is 0 Å². The van der Waals surface area contributed by atoms with Crippen molar-refractivity contribution < 1.29 is 14.3 Å². The van der Waals surface area contributed by atoms with Crippen LogP contribution in [0, 0.1) is 6.92 Å². The predicted octanol–water partition coefficient (Wildman–Crippen LogP) is 2.92. The molecular weight excluding hydrogens is 380 g/mol. The maximum Gasteiger partial charge on any atom is 0.297 e. The second-order valence-corrected chi connectivity index (χ2v) is 7.45. The molecule has 4 rings (SSSR count). The number of nitrogens with zero attached hydrogens (tertiary/aromatic N) is 2. The second-order valence-electron chi connectivity index (χ2n) is 6.51. The molecule has 3 aromatic rings. The number of rotatable bonds is 6. The zero-order valence-corrected chi connectivity index (χ0v) is 16.4. The molecule has 0 radical (unpaired) electrons. The van der Waals surface area contributed by atoms with Crippen LogP contribution in [-0.4, -0.2) is 27.3 Å². The molecule has 3 heterocycles. The summed E-state index contributed by atoms with van der Waals surface area (Å²) >= 11 is 1.37. The number of nitrogens with one attached hydrogen (secondary N) is 2. The van der Waals surface area contributed by atoms with E-state index in [1.165, 1.54) is 16.4 Å². The monoisotopic (exact) mass is 400 g/mol. The smallest absolute Gasteiger partial charge is 0.297 e. The van der Waals surface area contributed by atoms with E-state index in [4.69, 9.17) is 9.47 Å². The molecule has 0 spiro atoms. The number of benzene rings is 1. The van der Waals surface area contributed by atoms with Gasteiger partial charge in [0.1, 0.15) is 5.52 Å². The van der Waals surface area contributed by atoms with Crippen molar-refractivity contribution in [2.75, 3.05) is 12.2 Å². The highest BCUT2D eigenvalue weighted by atomic mass is 32.2. The van der Waals surface area contributed by atoms with E-state index < -0.39 is 0 Å². The molecule has 8 nitrogen and oxygen atoms in total. The van der Waals surface area contributed by atoms with Crippen molar-refractivity contribution in [1.82, 2.24) is 14.6 Å². The van der Waals surface area contributed by atoms with Crippen molar-refractivity contribution in [2.45, 2.75) is 37.6 Å². The van der Waals surface area contributed by atoms with E-state index in [9.17, 15) is 9.59 Å². The highest BCUT2D eigenvalue weighted by Crippen LogP contribution is 2.34. The second kappa shape index (κ2) is 7.59. The fourth-order valence-corrected chi connectivity index (χ4v) is 3.86. The summed E-state index contributed by atoms with van der Waals surface area (Å²) in [5.74, 6) is 1.76. The first-order valence-corrected chi connectivity index (χ1v) is 9.97. The Balaban J connectivity index is 1.66. The summed E-state index contributed by atoms with van der Waals surface area (Å²) in [5, 5.41) is 0.429. The molecule has 1 aliphatic heterocycles. The maximum atomic E-state index is 12.9. The topological polar surface area (TPSA) is 98.2 Å². The SMILES string of the molecule is CCCC(=O)Nn1c(SCc2ccc3c(c2)OCO3)nc2cc(C)[nH]c2c1=O. The Morgan fingerprint density at radius 1 is 1.32 bits per heavy atom. The molecule has 0 bridgehead atoms. The first-order chi connectivity index (χ1) is 13.5. The fourth-order valence-electron chi connectivity index (χ4n) is 2.96. The van der Waals surface area contributed by atoms with Crippen molar-refractivity contribution in [1.29, 1.82) is 0 Å². The Morgan fingerprint density at radius 2 is 2.14 bits per heavy atom. The molecule has 2 aromatic heterocycles. The number of hydrogen-bond acceptors (Lipinski definition) is 6. The van der Waals surface area contributed by atoms with Gasteiger partial charge in [0.05, 0.1) is 5.52 Å². The maximum absolute atomic E-state index is 12.9. The third kappa shape index (κ3) is 3.57. The van der Waals surface area contributed by atoms with E-state index in [2.05, 4.69) is 15.4 Å². The van der Waals surface area contributed by atoms with E-state index >= 15 is 0 Å². The molecule has 2 N–H and O–H groups in total. The number of thioether (sulfide) groups is 1. The van der Waals surface area contributed by atoms with Crippen LogP contribution >= 0.6 is 11.8 Å². The Hall–Kier alpha value is -2.94. The standard InChI is InChI=1S/C19H20N4O4S/c1-3-4-16(24)22-23-18(25)17-13(7-11(2)20-17)21-19(23)28-9-12-5-6-14-15(8-12)27-10-26-14/h5-8,20H,3-4,9-10H2,1-2H3,(H,22,24). The lowest BCUT2D eigenvalue weighted by atomic mass is 10.2. The van der Waals surface area contributed by atoms with Gasteiger partial charge in [-0.3, -0.25) is 15.0 Å². The van der Waals surface area contributed by atoms with Crippen molar-refractivity contribution in [3.63, 3.8) is 0 Å². The lowest BCUT2D eigenvalue weighted by Gasteiger charge is -2.13. The predicted molar refractivity (Wildman–Crippen MR) is 106 cm³/mol. The number of amides is 1.